The fraction of sp³-hybridized carbons (Fsp3) is 0.483. The first-order valence-corrected chi connectivity index (χ1v) is 13.2. The van der Waals surface area contributed by atoms with Gasteiger partial charge < -0.3 is 19.9 Å². The normalized spacial score (nSPS) is 18.6. The zero-order valence-corrected chi connectivity index (χ0v) is 21.4. The number of benzene rings is 1. The van der Waals surface area contributed by atoms with Crippen LogP contribution in [0.25, 0.3) is 11.4 Å². The second-order valence-corrected chi connectivity index (χ2v) is 10.5. The number of carboxylic acid groups (broad SMARTS) is 1. The van der Waals surface area contributed by atoms with Gasteiger partial charge in [-0.1, -0.05) is 24.3 Å². The summed E-state index contributed by atoms with van der Waals surface area (Å²) in [6.45, 7) is 5.83. The third-order valence-electron chi connectivity index (χ3n) is 7.64. The average Bonchev–Trinajstić information content (AvgIpc) is 3.47. The van der Waals surface area contributed by atoms with Crippen molar-refractivity contribution in [3.8, 4) is 11.4 Å². The number of fused-ring (bicyclic) bond motifs is 1. The van der Waals surface area contributed by atoms with E-state index in [1.54, 1.807) is 0 Å². The van der Waals surface area contributed by atoms with Crippen molar-refractivity contribution in [2.45, 2.75) is 51.4 Å². The van der Waals surface area contributed by atoms with Crippen LogP contribution in [0.15, 0.2) is 42.6 Å². The van der Waals surface area contributed by atoms with Crippen LogP contribution in [0.5, 0.6) is 0 Å². The van der Waals surface area contributed by atoms with Crippen LogP contribution in [0, 0.1) is 12.8 Å². The Balaban J connectivity index is 1.21. The number of aryl methyl sites for hydroxylation is 4. The molecule has 4 heterocycles. The number of pyridine rings is 1. The number of likely N-dealkylation sites (tertiary alicyclic amines) is 1. The first-order valence-electron chi connectivity index (χ1n) is 13.2. The molecule has 2 atom stereocenters. The van der Waals surface area contributed by atoms with Gasteiger partial charge in [0.05, 0.1) is 12.1 Å². The third-order valence-corrected chi connectivity index (χ3v) is 7.64. The fourth-order valence-corrected chi connectivity index (χ4v) is 5.80. The van der Waals surface area contributed by atoms with E-state index in [0.717, 1.165) is 80.3 Å². The van der Waals surface area contributed by atoms with E-state index in [4.69, 9.17) is 4.98 Å². The summed E-state index contributed by atoms with van der Waals surface area (Å²) < 4.78 is 2.03. The highest BCUT2D eigenvalue weighted by Gasteiger charge is 2.27. The van der Waals surface area contributed by atoms with Crippen molar-refractivity contribution < 1.29 is 9.90 Å². The highest BCUT2D eigenvalue weighted by molar-refractivity contribution is 5.68. The van der Waals surface area contributed by atoms with Crippen molar-refractivity contribution in [2.75, 3.05) is 31.5 Å². The Hall–Kier alpha value is -3.19. The number of imidazole rings is 1. The minimum atomic E-state index is -0.749. The molecule has 2 aliphatic rings. The Morgan fingerprint density at radius 3 is 2.94 bits per heavy atom. The van der Waals surface area contributed by atoms with E-state index in [0.29, 0.717) is 5.92 Å². The van der Waals surface area contributed by atoms with Gasteiger partial charge in [-0.25, -0.2) is 9.97 Å². The molecular weight excluding hydrogens is 450 g/mol. The smallest absolute Gasteiger partial charge is 0.304 e. The van der Waals surface area contributed by atoms with Gasteiger partial charge in [0.15, 0.2) is 0 Å². The summed E-state index contributed by atoms with van der Waals surface area (Å²) in [4.78, 5) is 23.7. The van der Waals surface area contributed by atoms with Gasteiger partial charge in [0.1, 0.15) is 11.6 Å². The first-order chi connectivity index (χ1) is 17.4. The lowest BCUT2D eigenvalue weighted by Crippen LogP contribution is -2.28. The molecule has 5 rings (SSSR count). The summed E-state index contributed by atoms with van der Waals surface area (Å²) in [5.41, 5.74) is 5.59. The summed E-state index contributed by atoms with van der Waals surface area (Å²) in [5.74, 6) is 1.82. The van der Waals surface area contributed by atoms with Crippen LogP contribution >= 0.6 is 0 Å². The van der Waals surface area contributed by atoms with Crippen LogP contribution in [0.3, 0.4) is 0 Å². The second-order valence-electron chi connectivity index (χ2n) is 10.5. The lowest BCUT2D eigenvalue weighted by Gasteiger charge is -2.24. The van der Waals surface area contributed by atoms with E-state index in [1.807, 2.05) is 30.8 Å². The van der Waals surface area contributed by atoms with Crippen LogP contribution in [0.1, 0.15) is 54.1 Å². The summed E-state index contributed by atoms with van der Waals surface area (Å²) >= 11 is 0. The predicted octanol–water partition coefficient (Wildman–Crippen LogP) is 4.66. The average molecular weight is 488 g/mol. The monoisotopic (exact) mass is 487 g/mol. The molecule has 2 aliphatic heterocycles. The van der Waals surface area contributed by atoms with E-state index in [9.17, 15) is 9.90 Å². The molecule has 0 saturated carbocycles. The molecule has 1 fully saturated rings. The SMILES string of the molecule is Cc1cn(C)c(-c2cccc(C(CC(=O)O)CN3CCC(CCc4ccc5c(n4)NCCC5)C3)c2)n1. The van der Waals surface area contributed by atoms with Crippen LogP contribution in [0.4, 0.5) is 5.82 Å². The molecule has 0 spiro atoms. The predicted molar refractivity (Wildman–Crippen MR) is 142 cm³/mol. The molecule has 0 radical (unpaired) electrons. The Labute approximate surface area is 213 Å². The molecule has 7 nitrogen and oxygen atoms in total. The molecule has 1 aromatic carbocycles. The molecule has 7 heteroatoms. The maximum Gasteiger partial charge on any atom is 0.304 e. The number of aliphatic carboxylic acids is 1. The lowest BCUT2D eigenvalue weighted by atomic mass is 9.93. The number of nitrogens with one attached hydrogen (secondary N) is 1. The Kier molecular flexibility index (Phi) is 7.37. The zero-order chi connectivity index (χ0) is 25.1. The maximum absolute atomic E-state index is 11.7. The van der Waals surface area contributed by atoms with Gasteiger partial charge in [-0.05, 0) is 74.8 Å². The molecule has 0 aliphatic carbocycles. The molecule has 2 unspecified atom stereocenters. The molecule has 0 amide bonds. The minimum Gasteiger partial charge on any atom is -0.481 e. The molecule has 36 heavy (non-hydrogen) atoms. The zero-order valence-electron chi connectivity index (χ0n) is 21.4. The van der Waals surface area contributed by atoms with Crippen LogP contribution in [-0.4, -0.2) is 56.7 Å². The number of hydrogen-bond acceptors (Lipinski definition) is 5. The largest absolute Gasteiger partial charge is 0.481 e. The lowest BCUT2D eigenvalue weighted by molar-refractivity contribution is -0.137. The highest BCUT2D eigenvalue weighted by Crippen LogP contribution is 2.30. The Morgan fingerprint density at radius 1 is 1.25 bits per heavy atom. The molecule has 190 valence electrons. The van der Waals surface area contributed by atoms with E-state index in [-0.39, 0.29) is 12.3 Å². The number of carboxylic acids is 1. The maximum atomic E-state index is 11.7. The van der Waals surface area contributed by atoms with Crippen LogP contribution in [0.2, 0.25) is 0 Å². The summed E-state index contributed by atoms with van der Waals surface area (Å²) in [6.07, 6.45) is 7.73. The fourth-order valence-electron chi connectivity index (χ4n) is 5.80. The van der Waals surface area contributed by atoms with Gasteiger partial charge in [0, 0.05) is 50.1 Å². The van der Waals surface area contributed by atoms with Crippen molar-refractivity contribution in [3.63, 3.8) is 0 Å². The number of anilines is 1. The molecule has 0 bridgehead atoms. The second kappa shape index (κ2) is 10.8. The van der Waals surface area contributed by atoms with E-state index >= 15 is 0 Å². The Morgan fingerprint density at radius 2 is 2.14 bits per heavy atom. The Bertz CT molecular complexity index is 1220. The molecule has 3 aromatic rings. The number of carbonyl (C=O) groups is 1. The van der Waals surface area contributed by atoms with E-state index in [2.05, 4.69) is 45.5 Å². The number of rotatable bonds is 9. The standard InChI is InChI=1S/C29H37N5O2/c1-20-17-33(2)29(31-20)24-6-3-5-23(15-24)25(16-27(35)36)19-34-14-12-21(18-34)8-10-26-11-9-22-7-4-13-30-28(22)32-26/h3,5-6,9,11,15,17,21,25H,4,7-8,10,12-14,16,18-19H2,1-2H3,(H,30,32)(H,35,36). The van der Waals surface area contributed by atoms with Crippen LogP contribution < -0.4 is 5.32 Å². The third kappa shape index (κ3) is 5.78. The van der Waals surface area contributed by atoms with Crippen molar-refractivity contribution >= 4 is 11.8 Å². The van der Waals surface area contributed by atoms with Crippen LogP contribution in [-0.2, 0) is 24.7 Å². The topological polar surface area (TPSA) is 83.3 Å². The van der Waals surface area contributed by atoms with Gasteiger partial charge in [-0.3, -0.25) is 4.79 Å². The van der Waals surface area contributed by atoms with Crippen molar-refractivity contribution in [3.05, 3.63) is 65.1 Å². The van der Waals surface area contributed by atoms with Crippen molar-refractivity contribution in [1.82, 2.24) is 19.4 Å². The molecule has 1 saturated heterocycles. The van der Waals surface area contributed by atoms with Gasteiger partial charge in [-0.2, -0.15) is 0 Å². The van der Waals surface area contributed by atoms with Gasteiger partial charge in [0.2, 0.25) is 0 Å². The van der Waals surface area contributed by atoms with Gasteiger partial charge in [0.25, 0.3) is 0 Å². The van der Waals surface area contributed by atoms with Gasteiger partial charge in [-0.15, -0.1) is 0 Å². The summed E-state index contributed by atoms with van der Waals surface area (Å²) in [6, 6.07) is 12.7. The molecule has 2 aromatic heterocycles. The number of nitrogens with zero attached hydrogens (tertiary/aromatic N) is 4. The molecule has 2 N–H and O–H groups in total. The first kappa shape index (κ1) is 24.5. The quantitative estimate of drug-likeness (QED) is 0.457. The summed E-state index contributed by atoms with van der Waals surface area (Å²) in [5, 5.41) is 13.1. The number of aromatic nitrogens is 3. The van der Waals surface area contributed by atoms with Crippen molar-refractivity contribution in [1.29, 1.82) is 0 Å². The van der Waals surface area contributed by atoms with Gasteiger partial charge >= 0.3 is 5.97 Å². The number of hydrogen-bond donors (Lipinski definition) is 2. The van der Waals surface area contributed by atoms with Crippen molar-refractivity contribution in [2.24, 2.45) is 13.0 Å². The molecular formula is C29H37N5O2. The highest BCUT2D eigenvalue weighted by atomic mass is 16.4. The summed E-state index contributed by atoms with van der Waals surface area (Å²) in [7, 11) is 2.00. The van der Waals surface area contributed by atoms with E-state index in [1.165, 1.54) is 17.7 Å². The minimum absolute atomic E-state index is 0.0454. The van der Waals surface area contributed by atoms with E-state index < -0.39 is 5.97 Å².